The van der Waals surface area contributed by atoms with Crippen molar-refractivity contribution >= 4 is 17.0 Å². The van der Waals surface area contributed by atoms with Crippen molar-refractivity contribution in [1.82, 2.24) is 19.5 Å². The highest BCUT2D eigenvalue weighted by Crippen LogP contribution is 2.33. The molecule has 3 atom stereocenters. The number of nitrogen functional groups attached to an aromatic ring is 1. The molecule has 3 rings (SSSR count). The van der Waals surface area contributed by atoms with E-state index in [9.17, 15) is 0 Å². The summed E-state index contributed by atoms with van der Waals surface area (Å²) in [5.41, 5.74) is 7.00. The van der Waals surface area contributed by atoms with Gasteiger partial charge < -0.3 is 19.9 Å². The molecular formula is C12H17N5O3. The molecule has 0 bridgehead atoms. The van der Waals surface area contributed by atoms with Crippen LogP contribution in [0.5, 0.6) is 0 Å². The first-order valence-electron chi connectivity index (χ1n) is 6.34. The molecule has 3 heterocycles. The fourth-order valence-electron chi connectivity index (χ4n) is 2.52. The average molecular weight is 279 g/mol. The Morgan fingerprint density at radius 3 is 3.00 bits per heavy atom. The maximum Gasteiger partial charge on any atom is 0.167 e. The van der Waals surface area contributed by atoms with E-state index in [0.717, 1.165) is 6.42 Å². The Kier molecular flexibility index (Phi) is 3.51. The molecule has 2 N–H and O–H groups in total. The Bertz CT molecular complexity index is 602. The lowest BCUT2D eigenvalue weighted by Crippen LogP contribution is -2.21. The smallest absolute Gasteiger partial charge is 0.167 e. The van der Waals surface area contributed by atoms with Gasteiger partial charge in [0.25, 0.3) is 0 Å². The van der Waals surface area contributed by atoms with Gasteiger partial charge in [0.05, 0.1) is 19.0 Å². The van der Waals surface area contributed by atoms with Gasteiger partial charge in [-0.2, -0.15) is 0 Å². The normalized spacial score (nSPS) is 26.4. The van der Waals surface area contributed by atoms with Crippen molar-refractivity contribution in [2.45, 2.75) is 24.9 Å². The van der Waals surface area contributed by atoms with Gasteiger partial charge in [-0.1, -0.05) is 0 Å². The lowest BCUT2D eigenvalue weighted by Gasteiger charge is -2.18. The summed E-state index contributed by atoms with van der Waals surface area (Å²) in [7, 11) is 3.32. The van der Waals surface area contributed by atoms with Gasteiger partial charge >= 0.3 is 0 Å². The van der Waals surface area contributed by atoms with E-state index in [2.05, 4.69) is 15.0 Å². The molecule has 0 saturated carbocycles. The lowest BCUT2D eigenvalue weighted by atomic mass is 10.2. The summed E-state index contributed by atoms with van der Waals surface area (Å²) >= 11 is 0. The predicted molar refractivity (Wildman–Crippen MR) is 70.9 cm³/mol. The fourth-order valence-corrected chi connectivity index (χ4v) is 2.52. The summed E-state index contributed by atoms with van der Waals surface area (Å²) in [5.74, 6) is 0.356. The Balaban J connectivity index is 1.95. The van der Waals surface area contributed by atoms with Crippen LogP contribution < -0.4 is 5.73 Å². The summed E-state index contributed by atoms with van der Waals surface area (Å²) in [6, 6.07) is 0. The van der Waals surface area contributed by atoms with Gasteiger partial charge in [-0.25, -0.2) is 15.0 Å². The van der Waals surface area contributed by atoms with E-state index in [1.54, 1.807) is 20.5 Å². The molecule has 8 nitrogen and oxygen atoms in total. The van der Waals surface area contributed by atoms with Crippen molar-refractivity contribution < 1.29 is 14.2 Å². The van der Waals surface area contributed by atoms with E-state index in [4.69, 9.17) is 19.9 Å². The van der Waals surface area contributed by atoms with Gasteiger partial charge in [0, 0.05) is 20.6 Å². The number of aromatic nitrogens is 4. The Morgan fingerprint density at radius 1 is 1.40 bits per heavy atom. The number of hydrogen-bond donors (Lipinski definition) is 1. The quantitative estimate of drug-likeness (QED) is 0.862. The first-order valence-corrected chi connectivity index (χ1v) is 6.34. The van der Waals surface area contributed by atoms with Crippen molar-refractivity contribution in [3.63, 3.8) is 0 Å². The van der Waals surface area contributed by atoms with Gasteiger partial charge in [-0.3, -0.25) is 4.57 Å². The zero-order valence-electron chi connectivity index (χ0n) is 11.4. The molecular weight excluding hydrogens is 262 g/mol. The standard InChI is InChI=1S/C12H17N5O3/c1-18-4-7-3-8(19-2)12(20-7)17-6-16-9-10(13)14-5-15-11(9)17/h5-8,12H,3-4H2,1-2H3,(H2,13,14,15). The van der Waals surface area contributed by atoms with Crippen LogP contribution in [-0.2, 0) is 14.2 Å². The van der Waals surface area contributed by atoms with E-state index < -0.39 is 0 Å². The van der Waals surface area contributed by atoms with E-state index in [1.807, 2.05) is 4.57 Å². The molecule has 20 heavy (non-hydrogen) atoms. The molecule has 0 aromatic carbocycles. The monoisotopic (exact) mass is 279 g/mol. The molecule has 0 amide bonds. The van der Waals surface area contributed by atoms with Crippen molar-refractivity contribution in [3.8, 4) is 0 Å². The summed E-state index contributed by atoms with van der Waals surface area (Å²) in [6.07, 6.45) is 3.45. The molecule has 1 fully saturated rings. The summed E-state index contributed by atoms with van der Waals surface area (Å²) in [6.45, 7) is 0.528. The molecule has 2 aromatic heterocycles. The summed E-state index contributed by atoms with van der Waals surface area (Å²) in [4.78, 5) is 12.4. The van der Waals surface area contributed by atoms with Crippen LogP contribution in [0.1, 0.15) is 12.6 Å². The van der Waals surface area contributed by atoms with E-state index in [0.29, 0.717) is 23.6 Å². The van der Waals surface area contributed by atoms with Gasteiger partial charge in [-0.15, -0.1) is 0 Å². The van der Waals surface area contributed by atoms with Gasteiger partial charge in [0.2, 0.25) is 0 Å². The third kappa shape index (κ3) is 2.11. The number of anilines is 1. The van der Waals surface area contributed by atoms with Crippen molar-refractivity contribution in [1.29, 1.82) is 0 Å². The first-order chi connectivity index (χ1) is 9.74. The average Bonchev–Trinajstić information content (AvgIpc) is 3.03. The first kappa shape index (κ1) is 13.2. The van der Waals surface area contributed by atoms with Gasteiger partial charge in [0.1, 0.15) is 17.9 Å². The molecule has 3 unspecified atom stereocenters. The van der Waals surface area contributed by atoms with Crippen LogP contribution in [0, 0.1) is 0 Å². The number of imidazole rings is 1. The third-order valence-electron chi connectivity index (χ3n) is 3.46. The zero-order chi connectivity index (χ0) is 14.1. The van der Waals surface area contributed by atoms with E-state index in [-0.39, 0.29) is 18.4 Å². The number of nitrogens with two attached hydrogens (primary N) is 1. The third-order valence-corrected chi connectivity index (χ3v) is 3.46. The van der Waals surface area contributed by atoms with Crippen molar-refractivity contribution in [2.24, 2.45) is 0 Å². The van der Waals surface area contributed by atoms with E-state index in [1.165, 1.54) is 6.33 Å². The van der Waals surface area contributed by atoms with Crippen LogP contribution in [0.25, 0.3) is 11.2 Å². The SMILES string of the molecule is COCC1CC(OC)C(n2cnc3c(N)ncnc32)O1. The Hall–Kier alpha value is -1.77. The molecule has 108 valence electrons. The topological polar surface area (TPSA) is 97.3 Å². The highest BCUT2D eigenvalue weighted by atomic mass is 16.6. The fraction of sp³-hybridized carbons (Fsp3) is 0.583. The second-order valence-corrected chi connectivity index (χ2v) is 4.70. The molecule has 8 heteroatoms. The molecule has 1 aliphatic heterocycles. The van der Waals surface area contributed by atoms with Gasteiger partial charge in [0.15, 0.2) is 17.7 Å². The van der Waals surface area contributed by atoms with Crippen molar-refractivity contribution in [2.75, 3.05) is 26.6 Å². The predicted octanol–water partition coefficient (Wildman–Crippen LogP) is 0.357. The molecule has 0 spiro atoms. The maximum atomic E-state index is 5.97. The minimum Gasteiger partial charge on any atom is -0.382 e. The second-order valence-electron chi connectivity index (χ2n) is 4.70. The minimum absolute atomic E-state index is 0.00779. The number of ether oxygens (including phenoxy) is 3. The molecule has 0 aliphatic carbocycles. The van der Waals surface area contributed by atoms with Crippen LogP contribution in [0.3, 0.4) is 0 Å². The zero-order valence-corrected chi connectivity index (χ0v) is 11.4. The van der Waals surface area contributed by atoms with Crippen LogP contribution in [0.2, 0.25) is 0 Å². The van der Waals surface area contributed by atoms with Crippen LogP contribution in [0.4, 0.5) is 5.82 Å². The Labute approximate surface area is 115 Å². The maximum absolute atomic E-state index is 5.97. The largest absolute Gasteiger partial charge is 0.382 e. The number of rotatable bonds is 4. The van der Waals surface area contributed by atoms with Crippen LogP contribution >= 0.6 is 0 Å². The molecule has 1 saturated heterocycles. The molecule has 2 aromatic rings. The minimum atomic E-state index is -0.292. The number of hydrogen-bond acceptors (Lipinski definition) is 7. The second kappa shape index (κ2) is 5.31. The Morgan fingerprint density at radius 2 is 2.25 bits per heavy atom. The number of fused-ring (bicyclic) bond motifs is 1. The molecule has 1 aliphatic rings. The van der Waals surface area contributed by atoms with Crippen molar-refractivity contribution in [3.05, 3.63) is 12.7 Å². The summed E-state index contributed by atoms with van der Waals surface area (Å²) in [5, 5.41) is 0. The number of methoxy groups -OCH3 is 2. The van der Waals surface area contributed by atoms with Crippen LogP contribution in [0.15, 0.2) is 12.7 Å². The van der Waals surface area contributed by atoms with Gasteiger partial charge in [-0.05, 0) is 0 Å². The highest BCUT2D eigenvalue weighted by molar-refractivity contribution is 5.81. The summed E-state index contributed by atoms with van der Waals surface area (Å²) < 4.78 is 18.4. The van der Waals surface area contributed by atoms with E-state index >= 15 is 0 Å². The highest BCUT2D eigenvalue weighted by Gasteiger charge is 2.37. The molecule has 0 radical (unpaired) electrons. The lowest BCUT2D eigenvalue weighted by molar-refractivity contribution is -0.0625. The number of nitrogens with zero attached hydrogens (tertiary/aromatic N) is 4. The van der Waals surface area contributed by atoms with Crippen LogP contribution in [-0.4, -0.2) is 52.6 Å².